The van der Waals surface area contributed by atoms with Crippen LogP contribution in [0.25, 0.3) is 0 Å². The lowest BCUT2D eigenvalue weighted by Crippen LogP contribution is -2.34. The van der Waals surface area contributed by atoms with Gasteiger partial charge in [-0.2, -0.15) is 0 Å². The van der Waals surface area contributed by atoms with Gasteiger partial charge in [0.1, 0.15) is 0 Å². The highest BCUT2D eigenvalue weighted by Gasteiger charge is 2.12. The molecular formula is C19H27NO. The van der Waals surface area contributed by atoms with Gasteiger partial charge in [-0.05, 0) is 38.2 Å². The van der Waals surface area contributed by atoms with Crippen LogP contribution in [0.2, 0.25) is 0 Å². The number of carbonyl (C=O) groups is 1. The highest BCUT2D eigenvalue weighted by molar-refractivity contribution is 5.87. The summed E-state index contributed by atoms with van der Waals surface area (Å²) in [6.45, 7) is 3.98. The number of hydrogen-bond donors (Lipinski definition) is 0. The lowest BCUT2D eigenvalue weighted by Gasteiger charge is -2.25. The molecule has 1 fully saturated rings. The van der Waals surface area contributed by atoms with Crippen molar-refractivity contribution in [3.63, 3.8) is 0 Å². The zero-order chi connectivity index (χ0) is 15.2. The van der Waals surface area contributed by atoms with Crippen molar-refractivity contribution in [2.45, 2.75) is 51.9 Å². The number of rotatable bonds is 6. The number of unbranched alkanes of at least 4 members (excludes halogenated alkanes) is 2. The third-order valence-corrected chi connectivity index (χ3v) is 3.35. The number of amides is 1. The Hall–Kier alpha value is -1.75. The SMILES string of the molecule is CCCC=CC#CCCC=CC=CC(=O)N1CCCCC1. The van der Waals surface area contributed by atoms with Gasteiger partial charge in [-0.15, -0.1) is 0 Å². The van der Waals surface area contributed by atoms with Crippen LogP contribution in [0.4, 0.5) is 0 Å². The van der Waals surface area contributed by atoms with Gasteiger partial charge < -0.3 is 4.90 Å². The van der Waals surface area contributed by atoms with E-state index in [9.17, 15) is 4.79 Å². The summed E-state index contributed by atoms with van der Waals surface area (Å²) in [6, 6.07) is 0. The molecule has 1 heterocycles. The largest absolute Gasteiger partial charge is 0.339 e. The maximum Gasteiger partial charge on any atom is 0.246 e. The summed E-state index contributed by atoms with van der Waals surface area (Å²) in [5.74, 6) is 6.28. The Morgan fingerprint density at radius 3 is 2.67 bits per heavy atom. The maximum absolute atomic E-state index is 11.8. The first-order valence-electron chi connectivity index (χ1n) is 8.10. The van der Waals surface area contributed by atoms with Crippen LogP contribution in [0.15, 0.2) is 36.5 Å². The molecule has 0 N–H and O–H groups in total. The van der Waals surface area contributed by atoms with E-state index in [1.54, 1.807) is 6.08 Å². The Kier molecular flexibility index (Phi) is 9.91. The van der Waals surface area contributed by atoms with Crippen LogP contribution in [0.1, 0.15) is 51.9 Å². The van der Waals surface area contributed by atoms with Crippen molar-refractivity contribution in [3.05, 3.63) is 36.5 Å². The molecule has 0 aromatic heterocycles. The lowest BCUT2D eigenvalue weighted by molar-refractivity contribution is -0.126. The van der Waals surface area contributed by atoms with E-state index < -0.39 is 0 Å². The molecule has 2 nitrogen and oxygen atoms in total. The molecule has 0 bridgehead atoms. The van der Waals surface area contributed by atoms with Gasteiger partial charge in [0, 0.05) is 25.6 Å². The third kappa shape index (κ3) is 8.92. The summed E-state index contributed by atoms with van der Waals surface area (Å²) < 4.78 is 0. The molecule has 1 aliphatic rings. The molecule has 0 aromatic carbocycles. The van der Waals surface area contributed by atoms with Crippen molar-refractivity contribution < 1.29 is 4.79 Å². The van der Waals surface area contributed by atoms with E-state index in [0.29, 0.717) is 0 Å². The lowest BCUT2D eigenvalue weighted by atomic mass is 10.1. The fourth-order valence-corrected chi connectivity index (χ4v) is 2.13. The molecule has 2 heteroatoms. The zero-order valence-corrected chi connectivity index (χ0v) is 13.2. The van der Waals surface area contributed by atoms with Gasteiger partial charge in [-0.25, -0.2) is 0 Å². The highest BCUT2D eigenvalue weighted by Crippen LogP contribution is 2.08. The molecule has 0 aliphatic carbocycles. The summed E-state index contributed by atoms with van der Waals surface area (Å²) in [5.41, 5.74) is 0. The van der Waals surface area contributed by atoms with E-state index in [0.717, 1.165) is 45.2 Å². The van der Waals surface area contributed by atoms with Crippen molar-refractivity contribution in [3.8, 4) is 11.8 Å². The monoisotopic (exact) mass is 285 g/mol. The minimum absolute atomic E-state index is 0.139. The van der Waals surface area contributed by atoms with Gasteiger partial charge in [0.15, 0.2) is 0 Å². The maximum atomic E-state index is 11.8. The van der Waals surface area contributed by atoms with Crippen LogP contribution >= 0.6 is 0 Å². The van der Waals surface area contributed by atoms with Crippen LogP contribution in [0, 0.1) is 11.8 Å². The molecule has 0 atom stereocenters. The van der Waals surface area contributed by atoms with Crippen LogP contribution in [-0.4, -0.2) is 23.9 Å². The molecule has 21 heavy (non-hydrogen) atoms. The Bertz CT molecular complexity index is 428. The van der Waals surface area contributed by atoms with Crippen molar-refractivity contribution in [1.82, 2.24) is 4.90 Å². The van der Waals surface area contributed by atoms with E-state index in [4.69, 9.17) is 0 Å². The van der Waals surface area contributed by atoms with Gasteiger partial charge in [-0.3, -0.25) is 4.79 Å². The number of allylic oxidation sites excluding steroid dienone is 5. The first-order valence-corrected chi connectivity index (χ1v) is 8.10. The molecule has 1 amide bonds. The standard InChI is InChI=1S/C19H27NO/c1-2-3-4-5-6-7-8-9-10-11-13-16-19(21)20-17-14-12-15-18-20/h4-5,10-11,13,16H,2-3,8-9,12,14-15,17-18H2,1H3. The first kappa shape index (κ1) is 17.3. The number of piperidine rings is 1. The molecule has 1 rings (SSSR count). The molecular weight excluding hydrogens is 258 g/mol. The second kappa shape index (κ2) is 12.0. The van der Waals surface area contributed by atoms with E-state index in [2.05, 4.69) is 30.9 Å². The summed E-state index contributed by atoms with van der Waals surface area (Å²) >= 11 is 0. The van der Waals surface area contributed by atoms with Crippen molar-refractivity contribution in [1.29, 1.82) is 0 Å². The van der Waals surface area contributed by atoms with Gasteiger partial charge in [0.05, 0.1) is 0 Å². The topological polar surface area (TPSA) is 20.3 Å². The fourth-order valence-electron chi connectivity index (χ4n) is 2.13. The van der Waals surface area contributed by atoms with Crippen LogP contribution in [0.5, 0.6) is 0 Å². The molecule has 0 spiro atoms. The molecule has 114 valence electrons. The van der Waals surface area contributed by atoms with Gasteiger partial charge in [-0.1, -0.05) is 49.5 Å². The Balaban J connectivity index is 2.13. The number of likely N-dealkylation sites (tertiary alicyclic amines) is 1. The molecule has 0 radical (unpaired) electrons. The predicted octanol–water partition coefficient (Wildman–Crippen LogP) is 4.25. The van der Waals surface area contributed by atoms with E-state index >= 15 is 0 Å². The normalized spacial score (nSPS) is 15.8. The molecule has 1 aliphatic heterocycles. The van der Waals surface area contributed by atoms with E-state index in [1.165, 1.54) is 12.8 Å². The smallest absolute Gasteiger partial charge is 0.246 e. The van der Waals surface area contributed by atoms with Gasteiger partial charge in [0.25, 0.3) is 0 Å². The molecule has 1 saturated heterocycles. The quantitative estimate of drug-likeness (QED) is 0.309. The average molecular weight is 285 g/mol. The Morgan fingerprint density at radius 2 is 1.90 bits per heavy atom. The van der Waals surface area contributed by atoms with Crippen molar-refractivity contribution in [2.24, 2.45) is 0 Å². The van der Waals surface area contributed by atoms with E-state index in [-0.39, 0.29) is 5.91 Å². The molecule has 0 aromatic rings. The van der Waals surface area contributed by atoms with Gasteiger partial charge in [0.2, 0.25) is 5.91 Å². The molecule has 0 saturated carbocycles. The summed E-state index contributed by atoms with van der Waals surface area (Å²) in [4.78, 5) is 13.8. The molecule has 0 unspecified atom stereocenters. The summed E-state index contributed by atoms with van der Waals surface area (Å²) in [5, 5.41) is 0. The average Bonchev–Trinajstić information content (AvgIpc) is 2.53. The predicted molar refractivity (Wildman–Crippen MR) is 89.8 cm³/mol. The summed E-state index contributed by atoms with van der Waals surface area (Å²) in [6.07, 6.45) is 19.1. The van der Waals surface area contributed by atoms with Crippen LogP contribution in [-0.2, 0) is 4.79 Å². The fraction of sp³-hybridized carbons (Fsp3) is 0.526. The van der Waals surface area contributed by atoms with Crippen LogP contribution < -0.4 is 0 Å². The number of hydrogen-bond acceptors (Lipinski definition) is 1. The third-order valence-electron chi connectivity index (χ3n) is 3.35. The van der Waals surface area contributed by atoms with E-state index in [1.807, 2.05) is 23.1 Å². The van der Waals surface area contributed by atoms with Crippen molar-refractivity contribution >= 4 is 5.91 Å². The van der Waals surface area contributed by atoms with Crippen molar-refractivity contribution in [2.75, 3.05) is 13.1 Å². The Labute approximate surface area is 129 Å². The second-order valence-electron chi connectivity index (χ2n) is 5.22. The highest BCUT2D eigenvalue weighted by atomic mass is 16.2. The zero-order valence-electron chi connectivity index (χ0n) is 13.2. The first-order chi connectivity index (χ1) is 10.3. The minimum atomic E-state index is 0.139. The Morgan fingerprint density at radius 1 is 1.10 bits per heavy atom. The minimum Gasteiger partial charge on any atom is -0.339 e. The van der Waals surface area contributed by atoms with Crippen LogP contribution in [0.3, 0.4) is 0 Å². The van der Waals surface area contributed by atoms with Gasteiger partial charge >= 0.3 is 0 Å². The second-order valence-corrected chi connectivity index (χ2v) is 5.22. The number of nitrogens with zero attached hydrogens (tertiary/aromatic N) is 1. The number of carbonyl (C=O) groups excluding carboxylic acids is 1. The summed E-state index contributed by atoms with van der Waals surface area (Å²) in [7, 11) is 0.